The van der Waals surface area contributed by atoms with Crippen molar-refractivity contribution >= 4 is 5.91 Å². The van der Waals surface area contributed by atoms with Crippen molar-refractivity contribution in [2.45, 2.75) is 20.0 Å². The summed E-state index contributed by atoms with van der Waals surface area (Å²) in [6.07, 6.45) is 0. The van der Waals surface area contributed by atoms with Crippen molar-refractivity contribution in [3.63, 3.8) is 0 Å². The van der Waals surface area contributed by atoms with Crippen LogP contribution in [0, 0.1) is 0 Å². The highest BCUT2D eigenvalue weighted by Gasteiger charge is 2.11. The highest BCUT2D eigenvalue weighted by atomic mass is 16.5. The summed E-state index contributed by atoms with van der Waals surface area (Å²) in [6, 6.07) is 15.1. The van der Waals surface area contributed by atoms with E-state index in [2.05, 4.69) is 5.32 Å². The van der Waals surface area contributed by atoms with Crippen LogP contribution in [-0.4, -0.2) is 12.5 Å². The Bertz CT molecular complexity index is 611. The van der Waals surface area contributed by atoms with Gasteiger partial charge in [-0.1, -0.05) is 36.4 Å². The van der Waals surface area contributed by atoms with Gasteiger partial charge >= 0.3 is 0 Å². The molecule has 0 fully saturated rings. The maximum Gasteiger partial charge on any atom is 0.255 e. The van der Waals surface area contributed by atoms with E-state index in [4.69, 9.17) is 10.5 Å². The number of rotatable bonds is 6. The Morgan fingerprint density at radius 3 is 2.67 bits per heavy atom. The molecule has 2 aromatic carbocycles. The van der Waals surface area contributed by atoms with Gasteiger partial charge in [0, 0.05) is 13.1 Å². The first kappa shape index (κ1) is 15.1. The van der Waals surface area contributed by atoms with Crippen LogP contribution in [0.1, 0.15) is 28.4 Å². The van der Waals surface area contributed by atoms with Crippen molar-refractivity contribution in [2.75, 3.05) is 6.61 Å². The second kappa shape index (κ2) is 7.45. The molecule has 21 heavy (non-hydrogen) atoms. The lowest BCUT2D eigenvalue weighted by Crippen LogP contribution is -2.23. The molecule has 0 radical (unpaired) electrons. The molecule has 0 saturated carbocycles. The minimum absolute atomic E-state index is 0.141. The molecule has 0 saturated heterocycles. The number of hydrogen-bond donors (Lipinski definition) is 2. The van der Waals surface area contributed by atoms with Crippen molar-refractivity contribution in [3.8, 4) is 5.75 Å². The van der Waals surface area contributed by atoms with Crippen molar-refractivity contribution < 1.29 is 9.53 Å². The molecule has 0 aromatic heterocycles. The third kappa shape index (κ3) is 4.07. The Balaban J connectivity index is 2.04. The summed E-state index contributed by atoms with van der Waals surface area (Å²) in [5.41, 5.74) is 8.25. The SMILES string of the molecule is CCOc1ccccc1C(=O)NCc1cccc(CN)c1. The second-order valence-corrected chi connectivity index (χ2v) is 4.64. The topological polar surface area (TPSA) is 64.3 Å². The van der Waals surface area contributed by atoms with Crippen LogP contribution in [0.15, 0.2) is 48.5 Å². The third-order valence-corrected chi connectivity index (χ3v) is 3.11. The zero-order chi connectivity index (χ0) is 15.1. The van der Waals surface area contributed by atoms with E-state index >= 15 is 0 Å². The molecule has 0 aliphatic heterocycles. The lowest BCUT2D eigenvalue weighted by molar-refractivity contribution is 0.0947. The zero-order valence-electron chi connectivity index (χ0n) is 12.1. The van der Waals surface area contributed by atoms with Gasteiger partial charge in [-0.05, 0) is 30.2 Å². The van der Waals surface area contributed by atoms with Crippen LogP contribution < -0.4 is 15.8 Å². The number of para-hydroxylation sites is 1. The molecule has 0 aliphatic rings. The molecule has 4 nitrogen and oxygen atoms in total. The van der Waals surface area contributed by atoms with Gasteiger partial charge in [-0.15, -0.1) is 0 Å². The average Bonchev–Trinajstić information content (AvgIpc) is 2.53. The molecule has 0 bridgehead atoms. The molecular weight excluding hydrogens is 264 g/mol. The van der Waals surface area contributed by atoms with Gasteiger partial charge < -0.3 is 15.8 Å². The monoisotopic (exact) mass is 284 g/mol. The minimum Gasteiger partial charge on any atom is -0.493 e. The van der Waals surface area contributed by atoms with E-state index in [0.717, 1.165) is 11.1 Å². The summed E-state index contributed by atoms with van der Waals surface area (Å²) < 4.78 is 5.47. The summed E-state index contributed by atoms with van der Waals surface area (Å²) in [4.78, 5) is 12.3. The van der Waals surface area contributed by atoms with Crippen LogP contribution in [0.3, 0.4) is 0 Å². The second-order valence-electron chi connectivity index (χ2n) is 4.64. The number of carbonyl (C=O) groups excluding carboxylic acids is 1. The molecular formula is C17H20N2O2. The third-order valence-electron chi connectivity index (χ3n) is 3.11. The number of hydrogen-bond acceptors (Lipinski definition) is 3. The van der Waals surface area contributed by atoms with Gasteiger partial charge in [0.25, 0.3) is 5.91 Å². The highest BCUT2D eigenvalue weighted by molar-refractivity contribution is 5.96. The fourth-order valence-electron chi connectivity index (χ4n) is 2.08. The smallest absolute Gasteiger partial charge is 0.255 e. The quantitative estimate of drug-likeness (QED) is 0.856. The summed E-state index contributed by atoms with van der Waals surface area (Å²) >= 11 is 0. The number of carbonyl (C=O) groups is 1. The van der Waals surface area contributed by atoms with Crippen LogP contribution in [0.25, 0.3) is 0 Å². The normalized spacial score (nSPS) is 10.2. The predicted molar refractivity (Wildman–Crippen MR) is 83.1 cm³/mol. The maximum absolute atomic E-state index is 12.3. The summed E-state index contributed by atoms with van der Waals surface area (Å²) in [6.45, 7) is 3.39. The predicted octanol–water partition coefficient (Wildman–Crippen LogP) is 2.47. The Morgan fingerprint density at radius 2 is 1.90 bits per heavy atom. The van der Waals surface area contributed by atoms with E-state index in [0.29, 0.717) is 31.0 Å². The van der Waals surface area contributed by atoms with Crippen molar-refractivity contribution in [3.05, 3.63) is 65.2 Å². The molecule has 4 heteroatoms. The molecule has 0 spiro atoms. The van der Waals surface area contributed by atoms with Gasteiger partial charge in [0.2, 0.25) is 0 Å². The van der Waals surface area contributed by atoms with Gasteiger partial charge in [0.15, 0.2) is 0 Å². The fraction of sp³-hybridized carbons (Fsp3) is 0.235. The van der Waals surface area contributed by atoms with Crippen LogP contribution >= 0.6 is 0 Å². The number of benzene rings is 2. The maximum atomic E-state index is 12.3. The number of nitrogens with one attached hydrogen (secondary N) is 1. The lowest BCUT2D eigenvalue weighted by atomic mass is 10.1. The molecule has 0 heterocycles. The first-order chi connectivity index (χ1) is 10.2. The number of ether oxygens (including phenoxy) is 1. The fourth-order valence-corrected chi connectivity index (χ4v) is 2.08. The highest BCUT2D eigenvalue weighted by Crippen LogP contribution is 2.17. The van der Waals surface area contributed by atoms with E-state index in [-0.39, 0.29) is 5.91 Å². The number of nitrogens with two attached hydrogens (primary N) is 1. The van der Waals surface area contributed by atoms with Gasteiger partial charge in [-0.3, -0.25) is 4.79 Å². The number of amides is 1. The average molecular weight is 284 g/mol. The van der Waals surface area contributed by atoms with Crippen LogP contribution in [0.4, 0.5) is 0 Å². The molecule has 3 N–H and O–H groups in total. The summed E-state index contributed by atoms with van der Waals surface area (Å²) in [5, 5.41) is 2.91. The summed E-state index contributed by atoms with van der Waals surface area (Å²) in [5.74, 6) is 0.463. The lowest BCUT2D eigenvalue weighted by Gasteiger charge is -2.11. The Hall–Kier alpha value is -2.33. The van der Waals surface area contributed by atoms with Crippen molar-refractivity contribution in [2.24, 2.45) is 5.73 Å². The first-order valence-electron chi connectivity index (χ1n) is 7.02. The molecule has 110 valence electrons. The van der Waals surface area contributed by atoms with E-state index < -0.39 is 0 Å². The molecule has 0 aliphatic carbocycles. The van der Waals surface area contributed by atoms with Crippen LogP contribution in [0.5, 0.6) is 5.75 Å². The summed E-state index contributed by atoms with van der Waals surface area (Å²) in [7, 11) is 0. The molecule has 0 atom stereocenters. The Kier molecular flexibility index (Phi) is 5.35. The van der Waals surface area contributed by atoms with E-state index in [1.807, 2.05) is 43.3 Å². The minimum atomic E-state index is -0.141. The van der Waals surface area contributed by atoms with Gasteiger partial charge in [0.05, 0.1) is 12.2 Å². The Morgan fingerprint density at radius 1 is 1.14 bits per heavy atom. The Labute approximate surface area is 124 Å². The van der Waals surface area contributed by atoms with Gasteiger partial charge in [0.1, 0.15) is 5.75 Å². The van der Waals surface area contributed by atoms with Gasteiger partial charge in [-0.25, -0.2) is 0 Å². The van der Waals surface area contributed by atoms with E-state index in [9.17, 15) is 4.79 Å². The van der Waals surface area contributed by atoms with Crippen LogP contribution in [-0.2, 0) is 13.1 Å². The standard InChI is InChI=1S/C17H20N2O2/c1-2-21-16-9-4-3-8-15(16)17(20)19-12-14-7-5-6-13(10-14)11-18/h3-10H,2,11-12,18H2,1H3,(H,19,20). The van der Waals surface area contributed by atoms with Gasteiger partial charge in [-0.2, -0.15) is 0 Å². The van der Waals surface area contributed by atoms with Crippen LogP contribution in [0.2, 0.25) is 0 Å². The molecule has 2 aromatic rings. The first-order valence-corrected chi connectivity index (χ1v) is 7.02. The van der Waals surface area contributed by atoms with Crippen molar-refractivity contribution in [1.82, 2.24) is 5.32 Å². The zero-order valence-corrected chi connectivity index (χ0v) is 12.1. The molecule has 1 amide bonds. The largest absolute Gasteiger partial charge is 0.493 e. The molecule has 2 rings (SSSR count). The van der Waals surface area contributed by atoms with E-state index in [1.165, 1.54) is 0 Å². The van der Waals surface area contributed by atoms with Crippen molar-refractivity contribution in [1.29, 1.82) is 0 Å². The molecule has 0 unspecified atom stereocenters. The van der Waals surface area contributed by atoms with E-state index in [1.54, 1.807) is 12.1 Å².